The molecule has 5 nitrogen and oxygen atoms in total. The van der Waals surface area contributed by atoms with Crippen LogP contribution in [0.25, 0.3) is 0 Å². The molecular weight excluding hydrogens is 304 g/mol. The number of anilines is 1. The fourth-order valence-corrected chi connectivity index (χ4v) is 3.08. The van der Waals surface area contributed by atoms with Gasteiger partial charge in [0.05, 0.1) is 11.3 Å². The molecule has 1 amide bonds. The molecule has 0 aromatic carbocycles. The van der Waals surface area contributed by atoms with Crippen LogP contribution in [0.2, 0.25) is 0 Å². The van der Waals surface area contributed by atoms with Crippen LogP contribution in [0.1, 0.15) is 22.5 Å². The highest BCUT2D eigenvalue weighted by Gasteiger charge is 2.11. The summed E-state index contributed by atoms with van der Waals surface area (Å²) >= 11 is 2.62. The molecule has 1 N–H and O–H groups in total. The van der Waals surface area contributed by atoms with Crippen LogP contribution in [-0.4, -0.2) is 21.6 Å². The third-order valence-corrected chi connectivity index (χ3v) is 4.66. The zero-order chi connectivity index (χ0) is 15.4. The summed E-state index contributed by atoms with van der Waals surface area (Å²) < 4.78 is 0. The number of aromatic nitrogens is 2. The number of aryl methyl sites for hydroxylation is 2. The highest BCUT2D eigenvalue weighted by atomic mass is 32.2. The second-order valence-corrected chi connectivity index (χ2v) is 6.27. The predicted molar refractivity (Wildman–Crippen MR) is 84.6 cm³/mol. The van der Waals surface area contributed by atoms with Gasteiger partial charge < -0.3 is 5.32 Å². The van der Waals surface area contributed by atoms with Crippen molar-refractivity contribution in [2.24, 2.45) is 0 Å². The Morgan fingerprint density at radius 1 is 1.38 bits per heavy atom. The van der Waals surface area contributed by atoms with Crippen LogP contribution < -0.4 is 5.32 Å². The minimum Gasteiger partial charge on any atom is -0.316 e. The van der Waals surface area contributed by atoms with Crippen molar-refractivity contribution in [2.75, 3.05) is 11.1 Å². The molecule has 0 bridgehead atoms. The molecule has 2 rings (SSSR count). The zero-order valence-corrected chi connectivity index (χ0v) is 13.6. The highest BCUT2D eigenvalue weighted by molar-refractivity contribution is 7.99. The van der Waals surface area contributed by atoms with Crippen LogP contribution in [0, 0.1) is 32.1 Å². The molecule has 0 aliphatic rings. The van der Waals surface area contributed by atoms with E-state index in [0.29, 0.717) is 15.7 Å². The number of nitriles is 1. The van der Waals surface area contributed by atoms with Gasteiger partial charge in [0, 0.05) is 11.4 Å². The molecule has 0 aliphatic carbocycles. The largest absolute Gasteiger partial charge is 0.316 e. The number of nitrogens with zero attached hydrogens (tertiary/aromatic N) is 3. The number of thioether (sulfide) groups is 1. The van der Waals surface area contributed by atoms with E-state index in [4.69, 9.17) is 5.26 Å². The number of thiophene rings is 1. The molecule has 108 valence electrons. The van der Waals surface area contributed by atoms with Gasteiger partial charge in [0.2, 0.25) is 5.91 Å². The molecule has 0 saturated carbocycles. The number of hydrogen-bond acceptors (Lipinski definition) is 6. The van der Waals surface area contributed by atoms with Crippen LogP contribution >= 0.6 is 23.1 Å². The monoisotopic (exact) mass is 318 g/mol. The number of carbonyl (C=O) groups excluding carboxylic acids is 1. The fraction of sp³-hybridized carbons (Fsp3) is 0.286. The molecule has 0 fully saturated rings. The van der Waals surface area contributed by atoms with Crippen molar-refractivity contribution in [3.8, 4) is 6.07 Å². The predicted octanol–water partition coefficient (Wildman–Crippen LogP) is 3.07. The first kappa shape index (κ1) is 15.5. The lowest BCUT2D eigenvalue weighted by Crippen LogP contribution is -2.14. The van der Waals surface area contributed by atoms with E-state index in [-0.39, 0.29) is 11.7 Å². The van der Waals surface area contributed by atoms with Gasteiger partial charge in [0.1, 0.15) is 11.1 Å². The smallest absolute Gasteiger partial charge is 0.235 e. The lowest BCUT2D eigenvalue weighted by atomic mass is 10.2. The average molecular weight is 318 g/mol. The number of nitrogens with one attached hydrogen (secondary N) is 1. The Morgan fingerprint density at radius 2 is 2.05 bits per heavy atom. The van der Waals surface area contributed by atoms with E-state index in [9.17, 15) is 4.79 Å². The molecule has 21 heavy (non-hydrogen) atoms. The third kappa shape index (κ3) is 3.80. The van der Waals surface area contributed by atoms with Crippen molar-refractivity contribution < 1.29 is 4.79 Å². The molecule has 2 heterocycles. The molecule has 2 aromatic rings. The zero-order valence-electron chi connectivity index (χ0n) is 11.9. The van der Waals surface area contributed by atoms with Crippen molar-refractivity contribution in [1.82, 2.24) is 9.97 Å². The quantitative estimate of drug-likeness (QED) is 0.692. The Labute approximate surface area is 131 Å². The summed E-state index contributed by atoms with van der Waals surface area (Å²) in [4.78, 5) is 20.6. The van der Waals surface area contributed by atoms with E-state index in [2.05, 4.69) is 15.3 Å². The Hall–Kier alpha value is -1.91. The normalized spacial score (nSPS) is 10.2. The SMILES string of the molecule is Cc1nc(SCC(=O)Nc2sccc2C#N)nc(C)c1C. The fourth-order valence-electron chi connectivity index (χ4n) is 1.59. The van der Waals surface area contributed by atoms with Gasteiger partial charge in [0.15, 0.2) is 5.16 Å². The molecule has 2 aromatic heterocycles. The van der Waals surface area contributed by atoms with E-state index >= 15 is 0 Å². The lowest BCUT2D eigenvalue weighted by Gasteiger charge is -2.07. The molecule has 0 spiro atoms. The van der Waals surface area contributed by atoms with Gasteiger partial charge in [-0.15, -0.1) is 11.3 Å². The van der Waals surface area contributed by atoms with Gasteiger partial charge >= 0.3 is 0 Å². The molecule has 0 radical (unpaired) electrons. The van der Waals surface area contributed by atoms with Crippen molar-refractivity contribution >= 4 is 34.0 Å². The Balaban J connectivity index is 1.97. The molecular formula is C14H14N4OS2. The second kappa shape index (κ2) is 6.70. The lowest BCUT2D eigenvalue weighted by molar-refractivity contribution is -0.113. The van der Waals surface area contributed by atoms with Gasteiger partial charge in [0.25, 0.3) is 0 Å². The maximum Gasteiger partial charge on any atom is 0.235 e. The number of hydrogen-bond donors (Lipinski definition) is 1. The van der Waals surface area contributed by atoms with Gasteiger partial charge in [-0.2, -0.15) is 5.26 Å². The molecule has 0 atom stereocenters. The number of amides is 1. The summed E-state index contributed by atoms with van der Waals surface area (Å²) in [6, 6.07) is 3.72. The minimum atomic E-state index is -0.168. The molecule has 0 aliphatic heterocycles. The van der Waals surface area contributed by atoms with Crippen LogP contribution in [0.4, 0.5) is 5.00 Å². The number of carbonyl (C=O) groups is 1. The Bertz CT molecular complexity index is 695. The average Bonchev–Trinajstić information content (AvgIpc) is 2.89. The van der Waals surface area contributed by atoms with E-state index in [1.165, 1.54) is 23.1 Å². The number of rotatable bonds is 4. The van der Waals surface area contributed by atoms with Crippen LogP contribution in [0.5, 0.6) is 0 Å². The van der Waals surface area contributed by atoms with Crippen LogP contribution in [0.3, 0.4) is 0 Å². The topological polar surface area (TPSA) is 78.7 Å². The standard InChI is InChI=1S/C14H14N4OS2/c1-8-9(2)16-14(17-10(8)3)21-7-12(19)18-13-11(6-15)4-5-20-13/h4-5H,7H2,1-3H3,(H,18,19). The first-order valence-electron chi connectivity index (χ1n) is 6.23. The van der Waals surface area contributed by atoms with Crippen molar-refractivity contribution in [2.45, 2.75) is 25.9 Å². The third-order valence-electron chi connectivity index (χ3n) is 2.98. The van der Waals surface area contributed by atoms with Gasteiger partial charge in [-0.25, -0.2) is 9.97 Å². The van der Waals surface area contributed by atoms with Gasteiger partial charge in [-0.05, 0) is 37.8 Å². The van der Waals surface area contributed by atoms with Crippen LogP contribution in [0.15, 0.2) is 16.6 Å². The van der Waals surface area contributed by atoms with E-state index in [1.54, 1.807) is 11.4 Å². The van der Waals surface area contributed by atoms with Crippen LogP contribution in [-0.2, 0) is 4.79 Å². The van der Waals surface area contributed by atoms with E-state index in [1.807, 2.05) is 26.8 Å². The summed E-state index contributed by atoms with van der Waals surface area (Å²) in [5, 5.41) is 14.6. The van der Waals surface area contributed by atoms with Crippen molar-refractivity contribution in [1.29, 1.82) is 5.26 Å². The van der Waals surface area contributed by atoms with Gasteiger partial charge in [-0.3, -0.25) is 4.79 Å². The maximum atomic E-state index is 11.9. The minimum absolute atomic E-state index is 0.168. The molecule has 7 heteroatoms. The van der Waals surface area contributed by atoms with Gasteiger partial charge in [-0.1, -0.05) is 11.8 Å². The summed E-state index contributed by atoms with van der Waals surface area (Å²) in [6.45, 7) is 5.84. The summed E-state index contributed by atoms with van der Waals surface area (Å²) in [5.41, 5.74) is 3.41. The van der Waals surface area contributed by atoms with Crippen molar-refractivity contribution in [3.05, 3.63) is 34.0 Å². The Kier molecular flexibility index (Phi) is 4.94. The molecule has 0 unspecified atom stereocenters. The first-order chi connectivity index (χ1) is 10.0. The molecule has 0 saturated heterocycles. The maximum absolute atomic E-state index is 11.9. The summed E-state index contributed by atoms with van der Waals surface area (Å²) in [7, 11) is 0. The summed E-state index contributed by atoms with van der Waals surface area (Å²) in [5.74, 6) is 0.0449. The van der Waals surface area contributed by atoms with Crippen molar-refractivity contribution in [3.63, 3.8) is 0 Å². The summed E-state index contributed by atoms with van der Waals surface area (Å²) in [6.07, 6.45) is 0. The van der Waals surface area contributed by atoms with E-state index < -0.39 is 0 Å². The van der Waals surface area contributed by atoms with E-state index in [0.717, 1.165) is 17.0 Å². The second-order valence-electron chi connectivity index (χ2n) is 4.41. The highest BCUT2D eigenvalue weighted by Crippen LogP contribution is 2.23. The Morgan fingerprint density at radius 3 is 2.67 bits per heavy atom. The first-order valence-corrected chi connectivity index (χ1v) is 8.10.